The van der Waals surface area contributed by atoms with E-state index in [1.807, 2.05) is 0 Å². The monoisotopic (exact) mass is 208 g/mol. The van der Waals surface area contributed by atoms with Crippen LogP contribution in [0, 0.1) is 11.8 Å². The molecule has 0 N–H and O–H groups in total. The summed E-state index contributed by atoms with van der Waals surface area (Å²) in [5.74, 6) is 1.78. The number of hydrogen-bond donors (Lipinski definition) is 0. The Kier molecular flexibility index (Phi) is 5.07. The van der Waals surface area contributed by atoms with Crippen LogP contribution in [-0.2, 0) is 4.79 Å². The van der Waals surface area contributed by atoms with Gasteiger partial charge in [0.25, 0.3) is 0 Å². The molecule has 0 amide bonds. The van der Waals surface area contributed by atoms with Gasteiger partial charge in [-0.2, -0.15) is 0 Å². The summed E-state index contributed by atoms with van der Waals surface area (Å²) in [6, 6.07) is 0. The van der Waals surface area contributed by atoms with Crippen molar-refractivity contribution in [1.82, 2.24) is 0 Å². The molecule has 0 aromatic rings. The van der Waals surface area contributed by atoms with E-state index in [4.69, 9.17) is 0 Å². The smallest absolute Gasteiger partial charge is 0.158 e. The third-order valence-electron chi connectivity index (χ3n) is 3.66. The standard InChI is InChI=1S/C14H24O/c1-4-12(5-2)10-14(15)13-8-6-11(3)7-9-13/h8,11-12H,4-7,9-10H2,1-3H3. The van der Waals surface area contributed by atoms with Gasteiger partial charge in [-0.1, -0.05) is 39.7 Å². The maximum Gasteiger partial charge on any atom is 0.158 e. The molecule has 86 valence electrons. The van der Waals surface area contributed by atoms with E-state index in [1.54, 1.807) is 0 Å². The fraction of sp³-hybridized carbons (Fsp3) is 0.786. The predicted octanol–water partition coefficient (Wildman–Crippen LogP) is 4.13. The minimum Gasteiger partial charge on any atom is -0.295 e. The van der Waals surface area contributed by atoms with E-state index in [9.17, 15) is 4.79 Å². The first-order valence-corrected chi connectivity index (χ1v) is 6.39. The Morgan fingerprint density at radius 2 is 2.13 bits per heavy atom. The van der Waals surface area contributed by atoms with E-state index in [-0.39, 0.29) is 0 Å². The molecule has 0 aliphatic heterocycles. The molecular formula is C14H24O. The number of Topliss-reactive ketones (excluding diaryl/α,β-unsaturated/α-hetero) is 1. The molecule has 0 fully saturated rings. The van der Waals surface area contributed by atoms with E-state index >= 15 is 0 Å². The third-order valence-corrected chi connectivity index (χ3v) is 3.66. The summed E-state index contributed by atoms with van der Waals surface area (Å²) in [4.78, 5) is 12.0. The Hall–Kier alpha value is -0.590. The van der Waals surface area contributed by atoms with Crippen molar-refractivity contribution in [2.45, 2.75) is 59.3 Å². The molecule has 0 saturated carbocycles. The Labute approximate surface area is 93.9 Å². The zero-order chi connectivity index (χ0) is 11.3. The summed E-state index contributed by atoms with van der Waals surface area (Å²) in [7, 11) is 0. The quantitative estimate of drug-likeness (QED) is 0.664. The zero-order valence-electron chi connectivity index (χ0n) is 10.4. The fourth-order valence-corrected chi connectivity index (χ4v) is 2.19. The van der Waals surface area contributed by atoms with Gasteiger partial charge in [-0.25, -0.2) is 0 Å². The molecule has 0 radical (unpaired) electrons. The highest BCUT2D eigenvalue weighted by atomic mass is 16.1. The predicted molar refractivity (Wildman–Crippen MR) is 64.8 cm³/mol. The largest absolute Gasteiger partial charge is 0.295 e. The molecule has 1 unspecified atom stereocenters. The van der Waals surface area contributed by atoms with Crippen LogP contribution in [0.15, 0.2) is 11.6 Å². The number of allylic oxidation sites excluding steroid dienone is 2. The van der Waals surface area contributed by atoms with Crippen LogP contribution in [0.4, 0.5) is 0 Å². The highest BCUT2D eigenvalue weighted by Crippen LogP contribution is 2.26. The first-order chi connectivity index (χ1) is 7.17. The maximum absolute atomic E-state index is 12.0. The molecule has 15 heavy (non-hydrogen) atoms. The van der Waals surface area contributed by atoms with Gasteiger partial charge >= 0.3 is 0 Å². The molecule has 0 aromatic heterocycles. The Morgan fingerprint density at radius 3 is 2.60 bits per heavy atom. The molecule has 0 aromatic carbocycles. The molecule has 1 heteroatoms. The normalized spacial score (nSPS) is 21.6. The Morgan fingerprint density at radius 1 is 1.47 bits per heavy atom. The highest BCUT2D eigenvalue weighted by molar-refractivity contribution is 5.95. The maximum atomic E-state index is 12.0. The number of rotatable bonds is 5. The second-order valence-corrected chi connectivity index (χ2v) is 4.92. The molecule has 0 spiro atoms. The van der Waals surface area contributed by atoms with Gasteiger partial charge < -0.3 is 0 Å². The summed E-state index contributed by atoms with van der Waals surface area (Å²) < 4.78 is 0. The van der Waals surface area contributed by atoms with Crippen LogP contribution < -0.4 is 0 Å². The van der Waals surface area contributed by atoms with Gasteiger partial charge in [-0.15, -0.1) is 0 Å². The second-order valence-electron chi connectivity index (χ2n) is 4.92. The molecule has 0 saturated heterocycles. The lowest BCUT2D eigenvalue weighted by atomic mass is 9.86. The number of carbonyl (C=O) groups is 1. The minimum absolute atomic E-state index is 0.413. The average Bonchev–Trinajstić information content (AvgIpc) is 2.26. The molecule has 1 atom stereocenters. The fourth-order valence-electron chi connectivity index (χ4n) is 2.19. The van der Waals surface area contributed by atoms with Crippen LogP contribution in [-0.4, -0.2) is 5.78 Å². The Balaban J connectivity index is 2.46. The summed E-state index contributed by atoms with van der Waals surface area (Å²) in [6.07, 6.45) is 8.52. The first kappa shape index (κ1) is 12.5. The molecule has 1 nitrogen and oxygen atoms in total. The number of ketones is 1. The molecule has 1 aliphatic rings. The van der Waals surface area contributed by atoms with Crippen LogP contribution >= 0.6 is 0 Å². The minimum atomic E-state index is 0.413. The highest BCUT2D eigenvalue weighted by Gasteiger charge is 2.18. The molecule has 0 heterocycles. The van der Waals surface area contributed by atoms with Gasteiger partial charge in [0, 0.05) is 6.42 Å². The van der Waals surface area contributed by atoms with Gasteiger partial charge in [-0.3, -0.25) is 4.79 Å². The van der Waals surface area contributed by atoms with Gasteiger partial charge in [0.05, 0.1) is 0 Å². The van der Waals surface area contributed by atoms with Gasteiger partial charge in [-0.05, 0) is 36.7 Å². The summed E-state index contributed by atoms with van der Waals surface area (Å²) in [5.41, 5.74) is 1.11. The average molecular weight is 208 g/mol. The zero-order valence-corrected chi connectivity index (χ0v) is 10.4. The van der Waals surface area contributed by atoms with Crippen molar-refractivity contribution in [3.05, 3.63) is 11.6 Å². The van der Waals surface area contributed by atoms with Crippen LogP contribution in [0.25, 0.3) is 0 Å². The van der Waals surface area contributed by atoms with E-state index in [0.717, 1.165) is 43.6 Å². The van der Waals surface area contributed by atoms with E-state index in [2.05, 4.69) is 26.8 Å². The van der Waals surface area contributed by atoms with Gasteiger partial charge in [0.15, 0.2) is 5.78 Å². The van der Waals surface area contributed by atoms with E-state index in [1.165, 1.54) is 6.42 Å². The lowest BCUT2D eigenvalue weighted by molar-refractivity contribution is -0.116. The van der Waals surface area contributed by atoms with Crippen molar-refractivity contribution in [2.24, 2.45) is 11.8 Å². The molecule has 1 aliphatic carbocycles. The lowest BCUT2D eigenvalue weighted by Gasteiger charge is -2.19. The number of carbonyl (C=O) groups excluding carboxylic acids is 1. The van der Waals surface area contributed by atoms with Crippen molar-refractivity contribution >= 4 is 5.78 Å². The molecule has 0 bridgehead atoms. The van der Waals surface area contributed by atoms with Crippen molar-refractivity contribution in [3.63, 3.8) is 0 Å². The first-order valence-electron chi connectivity index (χ1n) is 6.39. The SMILES string of the molecule is CCC(CC)CC(=O)C1=CCC(C)CC1. The summed E-state index contributed by atoms with van der Waals surface area (Å²) >= 11 is 0. The second kappa shape index (κ2) is 6.09. The van der Waals surface area contributed by atoms with Crippen molar-refractivity contribution in [3.8, 4) is 0 Å². The van der Waals surface area contributed by atoms with Crippen LogP contribution in [0.1, 0.15) is 59.3 Å². The van der Waals surface area contributed by atoms with E-state index in [0.29, 0.717) is 11.7 Å². The van der Waals surface area contributed by atoms with Gasteiger partial charge in [0.1, 0.15) is 0 Å². The van der Waals surface area contributed by atoms with E-state index < -0.39 is 0 Å². The van der Waals surface area contributed by atoms with Crippen LogP contribution in [0.3, 0.4) is 0 Å². The van der Waals surface area contributed by atoms with Crippen LogP contribution in [0.5, 0.6) is 0 Å². The molecule has 1 rings (SSSR count). The van der Waals surface area contributed by atoms with Crippen molar-refractivity contribution < 1.29 is 4.79 Å². The topological polar surface area (TPSA) is 17.1 Å². The lowest BCUT2D eigenvalue weighted by Crippen LogP contribution is -2.13. The van der Waals surface area contributed by atoms with Crippen molar-refractivity contribution in [2.75, 3.05) is 0 Å². The summed E-state index contributed by atoms with van der Waals surface area (Å²) in [5, 5.41) is 0. The summed E-state index contributed by atoms with van der Waals surface area (Å²) in [6.45, 7) is 6.62. The third kappa shape index (κ3) is 3.81. The van der Waals surface area contributed by atoms with Gasteiger partial charge in [0.2, 0.25) is 0 Å². The number of hydrogen-bond acceptors (Lipinski definition) is 1. The van der Waals surface area contributed by atoms with Crippen LogP contribution in [0.2, 0.25) is 0 Å². The Bertz CT molecular complexity index is 236. The molecular weight excluding hydrogens is 184 g/mol. The van der Waals surface area contributed by atoms with Crippen molar-refractivity contribution in [1.29, 1.82) is 0 Å².